The summed E-state index contributed by atoms with van der Waals surface area (Å²) in [6.45, 7) is 1.91. The van der Waals surface area contributed by atoms with E-state index in [0.29, 0.717) is 16.4 Å². The lowest BCUT2D eigenvalue weighted by Crippen LogP contribution is -2.54. The lowest BCUT2D eigenvalue weighted by molar-refractivity contribution is -0.384. The summed E-state index contributed by atoms with van der Waals surface area (Å²) < 4.78 is 5.35. The highest BCUT2D eigenvalue weighted by molar-refractivity contribution is 8.16. The first-order chi connectivity index (χ1) is 19.9. The number of ether oxygens (including phenoxy) is 1. The molecule has 0 aromatic heterocycles. The average molecular weight is 584 g/mol. The van der Waals surface area contributed by atoms with Gasteiger partial charge in [-0.05, 0) is 55.1 Å². The van der Waals surface area contributed by atoms with Gasteiger partial charge < -0.3 is 4.74 Å². The van der Waals surface area contributed by atoms with Crippen molar-refractivity contribution >= 4 is 57.1 Å². The number of nitro benzene ring substituents is 1. The SMILES string of the molecule is CCOC(=O)C1=NN(c2ccc([N+](=O)[O-])cc2)[C@]2(S1)c1ccccc1C(c1ccc(Cl)cc1)=NN2c1ccccc1. The molecule has 0 fully saturated rings. The van der Waals surface area contributed by atoms with Crippen molar-refractivity contribution in [3.05, 3.63) is 135 Å². The molecule has 41 heavy (non-hydrogen) atoms. The Morgan fingerprint density at radius 2 is 1.54 bits per heavy atom. The maximum atomic E-state index is 13.1. The van der Waals surface area contributed by atoms with E-state index in [0.717, 1.165) is 22.4 Å². The molecule has 0 N–H and O–H groups in total. The fourth-order valence-corrected chi connectivity index (χ4v) is 6.23. The molecule has 4 aromatic carbocycles. The number of esters is 1. The summed E-state index contributed by atoms with van der Waals surface area (Å²) in [4.78, 5) is 22.8. The van der Waals surface area contributed by atoms with Gasteiger partial charge in [0, 0.05) is 33.8 Å². The van der Waals surface area contributed by atoms with E-state index < -0.39 is 15.9 Å². The maximum absolute atomic E-state index is 13.1. The molecule has 0 unspecified atom stereocenters. The number of benzene rings is 4. The number of carbonyl (C=O) groups is 1. The molecule has 4 aromatic rings. The van der Waals surface area contributed by atoms with Crippen molar-refractivity contribution in [2.75, 3.05) is 16.6 Å². The molecule has 204 valence electrons. The molecular formula is C30H22ClN5O4S. The van der Waals surface area contributed by atoms with Crippen LogP contribution >= 0.6 is 23.4 Å². The van der Waals surface area contributed by atoms with Crippen molar-refractivity contribution in [1.29, 1.82) is 0 Å². The fraction of sp³-hybridized carbons (Fsp3) is 0.100. The van der Waals surface area contributed by atoms with E-state index in [1.165, 1.54) is 23.9 Å². The van der Waals surface area contributed by atoms with Crippen LogP contribution in [0.15, 0.2) is 113 Å². The summed E-state index contributed by atoms with van der Waals surface area (Å²) in [6.07, 6.45) is 0. The molecule has 9 nitrogen and oxygen atoms in total. The highest BCUT2D eigenvalue weighted by Crippen LogP contribution is 2.55. The minimum absolute atomic E-state index is 0.0590. The number of hydrogen-bond donors (Lipinski definition) is 0. The standard InChI is InChI=1S/C30H22ClN5O4S/c1-2-40-29(37)28-33-35(23-16-18-24(19-17-23)36(38)39)30(41-28)26-11-7-6-10-25(26)27(20-12-14-21(31)15-13-20)32-34(30)22-8-4-3-5-9-22/h3-19H,2H2,1H3/t30-/m0/s1. The van der Waals surface area contributed by atoms with Gasteiger partial charge in [0.1, 0.15) is 0 Å². The van der Waals surface area contributed by atoms with Gasteiger partial charge in [0.15, 0.2) is 0 Å². The lowest BCUT2D eigenvalue weighted by Gasteiger charge is -2.47. The molecule has 0 amide bonds. The van der Waals surface area contributed by atoms with E-state index in [-0.39, 0.29) is 17.3 Å². The number of nitro groups is 1. The van der Waals surface area contributed by atoms with Crippen molar-refractivity contribution in [3.8, 4) is 0 Å². The highest BCUT2D eigenvalue weighted by Gasteiger charge is 2.56. The van der Waals surface area contributed by atoms with E-state index in [2.05, 4.69) is 0 Å². The number of halogens is 1. The summed E-state index contributed by atoms with van der Waals surface area (Å²) in [6, 6.07) is 30.9. The molecule has 2 aliphatic rings. The Morgan fingerprint density at radius 3 is 2.22 bits per heavy atom. The van der Waals surface area contributed by atoms with Crippen molar-refractivity contribution in [1.82, 2.24) is 0 Å². The second-order valence-corrected chi connectivity index (χ2v) is 10.7. The van der Waals surface area contributed by atoms with Crippen LogP contribution in [0.25, 0.3) is 0 Å². The number of hydrogen-bond acceptors (Lipinski definition) is 9. The minimum atomic E-state index is -1.22. The summed E-state index contributed by atoms with van der Waals surface area (Å²) >= 11 is 7.41. The van der Waals surface area contributed by atoms with Gasteiger partial charge >= 0.3 is 5.97 Å². The van der Waals surface area contributed by atoms with Crippen LogP contribution in [0.1, 0.15) is 23.6 Å². The first-order valence-corrected chi connectivity index (χ1v) is 13.9. The zero-order chi connectivity index (χ0) is 28.6. The Bertz CT molecular complexity index is 1700. The monoisotopic (exact) mass is 583 g/mol. The van der Waals surface area contributed by atoms with Gasteiger partial charge in [-0.1, -0.05) is 66.2 Å². The van der Waals surface area contributed by atoms with Crippen molar-refractivity contribution < 1.29 is 14.5 Å². The van der Waals surface area contributed by atoms with Crippen LogP contribution in [0.5, 0.6) is 0 Å². The Kier molecular flexibility index (Phi) is 6.94. The number of thioether (sulfide) groups is 1. The molecule has 0 radical (unpaired) electrons. The third-order valence-corrected chi connectivity index (χ3v) is 8.15. The van der Waals surface area contributed by atoms with Crippen LogP contribution in [-0.4, -0.2) is 28.3 Å². The van der Waals surface area contributed by atoms with E-state index in [9.17, 15) is 14.9 Å². The molecule has 2 aliphatic heterocycles. The number of non-ortho nitro benzene ring substituents is 1. The molecule has 0 bridgehead atoms. The number of para-hydroxylation sites is 1. The van der Waals surface area contributed by atoms with Crippen LogP contribution in [0.3, 0.4) is 0 Å². The lowest BCUT2D eigenvalue weighted by atomic mass is 9.93. The van der Waals surface area contributed by atoms with Crippen LogP contribution < -0.4 is 10.0 Å². The van der Waals surface area contributed by atoms with Gasteiger partial charge in [0.2, 0.25) is 10.0 Å². The molecule has 11 heteroatoms. The quantitative estimate of drug-likeness (QED) is 0.140. The second-order valence-electron chi connectivity index (χ2n) is 9.07. The summed E-state index contributed by atoms with van der Waals surface area (Å²) in [5, 5.41) is 25.6. The number of anilines is 2. The van der Waals surface area contributed by atoms with Crippen LogP contribution in [0.2, 0.25) is 5.02 Å². The van der Waals surface area contributed by atoms with Crippen molar-refractivity contribution in [2.45, 2.75) is 11.9 Å². The van der Waals surface area contributed by atoms with Gasteiger partial charge in [-0.15, -0.1) is 0 Å². The molecule has 6 rings (SSSR count). The first-order valence-electron chi connectivity index (χ1n) is 12.7. The average Bonchev–Trinajstić information content (AvgIpc) is 3.40. The Labute approximate surface area is 244 Å². The molecular weight excluding hydrogens is 562 g/mol. The maximum Gasteiger partial charge on any atom is 0.365 e. The van der Waals surface area contributed by atoms with E-state index in [1.807, 2.05) is 83.9 Å². The topological polar surface area (TPSA) is 101 Å². The molecule has 1 atom stereocenters. The van der Waals surface area contributed by atoms with Crippen molar-refractivity contribution in [2.24, 2.45) is 10.2 Å². The molecule has 2 heterocycles. The van der Waals surface area contributed by atoms with E-state index >= 15 is 0 Å². The number of hydrazone groups is 2. The number of rotatable bonds is 6. The van der Waals surface area contributed by atoms with Crippen LogP contribution in [-0.2, 0) is 14.5 Å². The molecule has 0 saturated carbocycles. The van der Waals surface area contributed by atoms with Crippen LogP contribution in [0.4, 0.5) is 17.1 Å². The predicted molar refractivity (Wildman–Crippen MR) is 161 cm³/mol. The number of fused-ring (bicyclic) bond motifs is 2. The summed E-state index contributed by atoms with van der Waals surface area (Å²) in [5.41, 5.74) is 4.43. The van der Waals surface area contributed by atoms with Gasteiger partial charge in [0.05, 0.1) is 28.6 Å². The van der Waals surface area contributed by atoms with Gasteiger partial charge in [0.25, 0.3) is 5.69 Å². The summed E-state index contributed by atoms with van der Waals surface area (Å²) in [5.74, 6) is -0.570. The van der Waals surface area contributed by atoms with Gasteiger partial charge in [-0.25, -0.2) is 14.8 Å². The molecule has 1 spiro atoms. The smallest absolute Gasteiger partial charge is 0.365 e. The Morgan fingerprint density at radius 1 is 0.902 bits per heavy atom. The number of nitrogens with zero attached hydrogens (tertiary/aromatic N) is 5. The first kappa shape index (κ1) is 26.5. The third kappa shape index (κ3) is 4.60. The largest absolute Gasteiger partial charge is 0.461 e. The van der Waals surface area contributed by atoms with Gasteiger partial charge in [-0.3, -0.25) is 10.1 Å². The van der Waals surface area contributed by atoms with E-state index in [1.54, 1.807) is 24.1 Å². The third-order valence-electron chi connectivity index (χ3n) is 6.61. The molecule has 0 saturated heterocycles. The van der Waals surface area contributed by atoms with E-state index in [4.69, 9.17) is 26.5 Å². The van der Waals surface area contributed by atoms with Crippen molar-refractivity contribution in [3.63, 3.8) is 0 Å². The number of carbonyl (C=O) groups excluding carboxylic acids is 1. The molecule has 0 aliphatic carbocycles. The fourth-order valence-electron chi connectivity index (χ4n) is 4.81. The predicted octanol–water partition coefficient (Wildman–Crippen LogP) is 6.76. The Balaban J connectivity index is 1.62. The Hall–Kier alpha value is -4.67. The second kappa shape index (κ2) is 10.7. The summed E-state index contributed by atoms with van der Waals surface area (Å²) in [7, 11) is 0. The van der Waals surface area contributed by atoms with Gasteiger partial charge in [-0.2, -0.15) is 10.2 Å². The highest BCUT2D eigenvalue weighted by atomic mass is 35.5. The normalized spacial score (nSPS) is 17.6. The van der Waals surface area contributed by atoms with Crippen LogP contribution in [0, 0.1) is 10.1 Å². The minimum Gasteiger partial charge on any atom is -0.461 e. The zero-order valence-electron chi connectivity index (χ0n) is 21.7. The zero-order valence-corrected chi connectivity index (χ0v) is 23.2.